The van der Waals surface area contributed by atoms with Crippen molar-refractivity contribution < 1.29 is 22.7 Å². The average Bonchev–Trinajstić information content (AvgIpc) is 2.87. The van der Waals surface area contributed by atoms with Crippen LogP contribution in [0.2, 0.25) is 0 Å². The molecule has 0 radical (unpaired) electrons. The number of hydrogen-bond donors (Lipinski definition) is 1. The molecule has 1 N–H and O–H groups in total. The number of ether oxygens (including phenoxy) is 1. The summed E-state index contributed by atoms with van der Waals surface area (Å²) in [5.74, 6) is -0.00290. The van der Waals surface area contributed by atoms with Gasteiger partial charge in [0.25, 0.3) is 0 Å². The number of carbonyl (C=O) groups excluding carboxylic acids is 2. The molecule has 9 heteroatoms. The fourth-order valence-electron chi connectivity index (χ4n) is 4.87. The summed E-state index contributed by atoms with van der Waals surface area (Å²) < 4.78 is 32.0. The lowest BCUT2D eigenvalue weighted by molar-refractivity contribution is -0.140. The van der Waals surface area contributed by atoms with Crippen molar-refractivity contribution in [2.75, 3.05) is 24.2 Å². The Labute approximate surface area is 221 Å². The van der Waals surface area contributed by atoms with Gasteiger partial charge in [-0.15, -0.1) is 0 Å². The first-order valence-electron chi connectivity index (χ1n) is 12.9. The Morgan fingerprint density at radius 2 is 1.78 bits per heavy atom. The standard InChI is InChI=1S/C28H39N3O5S/c1-5-25(28(33)29-23-14-7-6-8-15-23)30(19-22-13-11-16-24(18-22)36-3)27(32)20-31(37(4,34)35)26-17-10-9-12-21(26)2/h9-13,16-18,23,25H,5-8,14-15,19-20H2,1-4H3,(H,29,33)/t25-/m1/s1. The molecule has 0 heterocycles. The van der Waals surface area contributed by atoms with Gasteiger partial charge in [-0.25, -0.2) is 8.42 Å². The molecule has 0 unspecified atom stereocenters. The van der Waals surface area contributed by atoms with Crippen LogP contribution in [0.4, 0.5) is 5.69 Å². The van der Waals surface area contributed by atoms with Gasteiger partial charge in [-0.3, -0.25) is 13.9 Å². The van der Waals surface area contributed by atoms with Gasteiger partial charge in [0.05, 0.1) is 19.1 Å². The first-order chi connectivity index (χ1) is 17.6. The SMILES string of the molecule is CC[C@H](C(=O)NC1CCCCC1)N(Cc1cccc(OC)c1)C(=O)CN(c1ccccc1C)S(C)(=O)=O. The summed E-state index contributed by atoms with van der Waals surface area (Å²) in [5.41, 5.74) is 1.97. The molecule has 8 nitrogen and oxygen atoms in total. The van der Waals surface area contributed by atoms with Gasteiger partial charge in [0.1, 0.15) is 18.3 Å². The van der Waals surface area contributed by atoms with Gasteiger partial charge in [0, 0.05) is 12.6 Å². The summed E-state index contributed by atoms with van der Waals surface area (Å²) in [6.07, 6.45) is 6.68. The Morgan fingerprint density at radius 3 is 2.41 bits per heavy atom. The fraction of sp³-hybridized carbons (Fsp3) is 0.500. The van der Waals surface area contributed by atoms with Crippen molar-refractivity contribution in [3.8, 4) is 5.75 Å². The van der Waals surface area contributed by atoms with E-state index in [0.717, 1.165) is 47.4 Å². The maximum absolute atomic E-state index is 13.8. The number of amides is 2. The zero-order chi connectivity index (χ0) is 27.0. The molecular formula is C28H39N3O5S. The molecular weight excluding hydrogens is 490 g/mol. The van der Waals surface area contributed by atoms with Gasteiger partial charge < -0.3 is 15.0 Å². The van der Waals surface area contributed by atoms with E-state index in [2.05, 4.69) is 5.32 Å². The number of aryl methyl sites for hydroxylation is 1. The van der Waals surface area contributed by atoms with Crippen molar-refractivity contribution in [2.24, 2.45) is 0 Å². The highest BCUT2D eigenvalue weighted by Crippen LogP contribution is 2.24. The molecule has 202 valence electrons. The highest BCUT2D eigenvalue weighted by Gasteiger charge is 2.33. The molecule has 2 aromatic rings. The monoisotopic (exact) mass is 529 g/mol. The third-order valence-corrected chi connectivity index (χ3v) is 8.01. The van der Waals surface area contributed by atoms with E-state index >= 15 is 0 Å². The summed E-state index contributed by atoms with van der Waals surface area (Å²) in [7, 11) is -2.19. The van der Waals surface area contributed by atoms with Crippen LogP contribution in [0.1, 0.15) is 56.6 Å². The van der Waals surface area contributed by atoms with Crippen LogP contribution in [-0.2, 0) is 26.2 Å². The van der Waals surface area contributed by atoms with Crippen LogP contribution < -0.4 is 14.4 Å². The summed E-state index contributed by atoms with van der Waals surface area (Å²) in [4.78, 5) is 28.8. The van der Waals surface area contributed by atoms with E-state index in [1.165, 1.54) is 11.3 Å². The number of hydrogen-bond acceptors (Lipinski definition) is 5. The minimum atomic E-state index is -3.76. The maximum atomic E-state index is 13.8. The van der Waals surface area contributed by atoms with E-state index in [9.17, 15) is 18.0 Å². The first-order valence-corrected chi connectivity index (χ1v) is 14.7. The predicted octanol–water partition coefficient (Wildman–Crippen LogP) is 4.03. The second-order valence-electron chi connectivity index (χ2n) is 9.70. The summed E-state index contributed by atoms with van der Waals surface area (Å²) in [6.45, 7) is 3.42. The lowest BCUT2D eigenvalue weighted by Crippen LogP contribution is -2.54. The topological polar surface area (TPSA) is 96.0 Å². The van der Waals surface area contributed by atoms with Crippen molar-refractivity contribution in [1.29, 1.82) is 0 Å². The van der Waals surface area contributed by atoms with E-state index in [-0.39, 0.29) is 18.5 Å². The molecule has 1 aliphatic rings. The molecule has 3 rings (SSSR count). The van der Waals surface area contributed by atoms with Gasteiger partial charge in [-0.05, 0) is 55.5 Å². The molecule has 1 saturated carbocycles. The third-order valence-electron chi connectivity index (χ3n) is 6.89. The Hall–Kier alpha value is -3.07. The second kappa shape index (κ2) is 12.9. The van der Waals surface area contributed by atoms with Gasteiger partial charge in [-0.2, -0.15) is 0 Å². The highest BCUT2D eigenvalue weighted by molar-refractivity contribution is 7.92. The minimum absolute atomic E-state index is 0.101. The van der Waals surface area contributed by atoms with Crippen molar-refractivity contribution in [2.45, 2.75) is 71.0 Å². The van der Waals surface area contributed by atoms with Crippen molar-refractivity contribution >= 4 is 27.5 Å². The molecule has 1 fully saturated rings. The summed E-state index contributed by atoms with van der Waals surface area (Å²) >= 11 is 0. The normalized spacial score (nSPS) is 15.0. The minimum Gasteiger partial charge on any atom is -0.497 e. The fourth-order valence-corrected chi connectivity index (χ4v) is 5.78. The van der Waals surface area contributed by atoms with Gasteiger partial charge in [0.2, 0.25) is 21.8 Å². The molecule has 37 heavy (non-hydrogen) atoms. The third kappa shape index (κ3) is 7.71. The van der Waals surface area contributed by atoms with E-state index in [1.807, 2.05) is 37.3 Å². The molecule has 2 aromatic carbocycles. The van der Waals surface area contributed by atoms with Crippen LogP contribution in [0.3, 0.4) is 0 Å². The van der Waals surface area contributed by atoms with E-state index in [0.29, 0.717) is 17.9 Å². The second-order valence-corrected chi connectivity index (χ2v) is 11.6. The molecule has 0 saturated heterocycles. The Morgan fingerprint density at radius 1 is 1.08 bits per heavy atom. The number of para-hydroxylation sites is 1. The largest absolute Gasteiger partial charge is 0.497 e. The molecule has 0 aromatic heterocycles. The van der Waals surface area contributed by atoms with E-state index in [4.69, 9.17) is 4.74 Å². The van der Waals surface area contributed by atoms with Crippen LogP contribution in [0.5, 0.6) is 5.75 Å². The smallest absolute Gasteiger partial charge is 0.244 e. The lowest BCUT2D eigenvalue weighted by atomic mass is 9.95. The molecule has 1 aliphatic carbocycles. The van der Waals surface area contributed by atoms with Crippen LogP contribution >= 0.6 is 0 Å². The Kier molecular flexibility index (Phi) is 9.97. The zero-order valence-electron chi connectivity index (χ0n) is 22.3. The number of carbonyl (C=O) groups is 2. The number of sulfonamides is 1. The zero-order valence-corrected chi connectivity index (χ0v) is 23.1. The lowest BCUT2D eigenvalue weighted by Gasteiger charge is -2.34. The molecule has 1 atom stereocenters. The first kappa shape index (κ1) is 28.5. The van der Waals surface area contributed by atoms with Crippen LogP contribution in [0, 0.1) is 6.92 Å². The quantitative estimate of drug-likeness (QED) is 0.474. The number of methoxy groups -OCH3 is 1. The average molecular weight is 530 g/mol. The summed E-state index contributed by atoms with van der Waals surface area (Å²) in [5, 5.41) is 3.15. The number of anilines is 1. The van der Waals surface area contributed by atoms with E-state index in [1.54, 1.807) is 32.2 Å². The van der Waals surface area contributed by atoms with Crippen LogP contribution in [-0.4, -0.2) is 57.1 Å². The predicted molar refractivity (Wildman–Crippen MR) is 146 cm³/mol. The number of nitrogens with zero attached hydrogens (tertiary/aromatic N) is 2. The number of nitrogens with one attached hydrogen (secondary N) is 1. The van der Waals surface area contributed by atoms with Gasteiger partial charge >= 0.3 is 0 Å². The van der Waals surface area contributed by atoms with Gasteiger partial charge in [-0.1, -0.05) is 56.5 Å². The molecule has 0 bridgehead atoms. The molecule has 0 aliphatic heterocycles. The Bertz CT molecular complexity index is 1180. The van der Waals surface area contributed by atoms with Gasteiger partial charge in [0.15, 0.2) is 0 Å². The number of rotatable bonds is 11. The van der Waals surface area contributed by atoms with Crippen molar-refractivity contribution in [3.63, 3.8) is 0 Å². The molecule has 2 amide bonds. The van der Waals surface area contributed by atoms with Crippen LogP contribution in [0.15, 0.2) is 48.5 Å². The number of benzene rings is 2. The van der Waals surface area contributed by atoms with Crippen molar-refractivity contribution in [3.05, 3.63) is 59.7 Å². The van der Waals surface area contributed by atoms with Crippen molar-refractivity contribution in [1.82, 2.24) is 10.2 Å². The Balaban J connectivity index is 1.93. The summed E-state index contributed by atoms with van der Waals surface area (Å²) in [6, 6.07) is 13.7. The van der Waals surface area contributed by atoms with Crippen LogP contribution in [0.25, 0.3) is 0 Å². The molecule has 0 spiro atoms. The highest BCUT2D eigenvalue weighted by atomic mass is 32.2. The van der Waals surface area contributed by atoms with E-state index < -0.39 is 28.5 Å². The maximum Gasteiger partial charge on any atom is 0.244 e.